The monoisotopic (exact) mass is 298 g/mol. The fourth-order valence-corrected chi connectivity index (χ4v) is 2.77. The molecule has 0 aliphatic heterocycles. The molecule has 0 aliphatic rings. The quantitative estimate of drug-likeness (QED) is 0.822. The van der Waals surface area contributed by atoms with Crippen LogP contribution in [0.15, 0.2) is 36.7 Å². The summed E-state index contributed by atoms with van der Waals surface area (Å²) in [6.07, 6.45) is 6.94. The van der Waals surface area contributed by atoms with E-state index in [4.69, 9.17) is 11.5 Å². The number of aryl methyl sites for hydroxylation is 2. The largest absolute Gasteiger partial charge is 0.330 e. The van der Waals surface area contributed by atoms with Crippen molar-refractivity contribution >= 4 is 0 Å². The Labute approximate surface area is 133 Å². The minimum Gasteiger partial charge on any atom is -0.330 e. The Hall–Kier alpha value is -1.78. The highest BCUT2D eigenvalue weighted by Gasteiger charge is 2.27. The highest BCUT2D eigenvalue weighted by Crippen LogP contribution is 2.23. The van der Waals surface area contributed by atoms with Crippen LogP contribution in [0.3, 0.4) is 0 Å². The lowest BCUT2D eigenvalue weighted by Crippen LogP contribution is -2.45. The van der Waals surface area contributed by atoms with E-state index in [1.807, 2.05) is 24.5 Å². The third-order valence-electron chi connectivity index (χ3n) is 4.15. The average molecular weight is 298 g/mol. The molecule has 0 unspecified atom stereocenters. The minimum absolute atomic E-state index is 0.363. The number of pyridine rings is 2. The summed E-state index contributed by atoms with van der Waals surface area (Å²) in [6.45, 7) is 4.82. The Morgan fingerprint density at radius 2 is 1.45 bits per heavy atom. The third-order valence-corrected chi connectivity index (χ3v) is 4.15. The van der Waals surface area contributed by atoms with Crippen molar-refractivity contribution in [2.45, 2.75) is 45.1 Å². The fraction of sp³-hybridized carbons (Fsp3) is 0.444. The van der Waals surface area contributed by atoms with Gasteiger partial charge in [0.15, 0.2) is 0 Å². The van der Waals surface area contributed by atoms with Crippen LogP contribution in [0.2, 0.25) is 0 Å². The van der Waals surface area contributed by atoms with Gasteiger partial charge in [-0.1, -0.05) is 12.1 Å². The van der Waals surface area contributed by atoms with E-state index in [0.717, 1.165) is 37.1 Å². The van der Waals surface area contributed by atoms with Gasteiger partial charge in [0.1, 0.15) is 0 Å². The zero-order valence-corrected chi connectivity index (χ0v) is 13.5. The summed E-state index contributed by atoms with van der Waals surface area (Å²) >= 11 is 0. The predicted molar refractivity (Wildman–Crippen MR) is 90.6 cm³/mol. The molecule has 0 radical (unpaired) electrons. The van der Waals surface area contributed by atoms with E-state index in [0.29, 0.717) is 6.54 Å². The van der Waals surface area contributed by atoms with Gasteiger partial charge in [0, 0.05) is 42.2 Å². The highest BCUT2D eigenvalue weighted by atomic mass is 14.8. The lowest BCUT2D eigenvalue weighted by atomic mass is 9.83. The van der Waals surface area contributed by atoms with Crippen molar-refractivity contribution < 1.29 is 0 Å². The molecule has 118 valence electrons. The standard InChI is InChI=1S/C18H26N4/c1-14-6-3-10-21-16(14)12-18(20,8-5-9-19)13-17-15(2)7-4-11-22-17/h3-4,6-7,10-11H,5,8-9,12-13,19-20H2,1-2H3. The molecular weight excluding hydrogens is 272 g/mol. The lowest BCUT2D eigenvalue weighted by Gasteiger charge is -2.30. The maximum absolute atomic E-state index is 6.75. The van der Waals surface area contributed by atoms with Gasteiger partial charge in [-0.25, -0.2) is 0 Å². The van der Waals surface area contributed by atoms with Gasteiger partial charge in [-0.2, -0.15) is 0 Å². The van der Waals surface area contributed by atoms with Crippen LogP contribution >= 0.6 is 0 Å². The number of rotatable bonds is 7. The summed E-state index contributed by atoms with van der Waals surface area (Å²) < 4.78 is 0. The Balaban J connectivity index is 2.23. The number of nitrogens with two attached hydrogens (primary N) is 2. The van der Waals surface area contributed by atoms with Crippen molar-refractivity contribution in [2.24, 2.45) is 11.5 Å². The molecule has 2 aromatic heterocycles. The first-order valence-electron chi connectivity index (χ1n) is 7.84. The minimum atomic E-state index is -0.363. The molecule has 0 amide bonds. The second-order valence-corrected chi connectivity index (χ2v) is 6.14. The van der Waals surface area contributed by atoms with Crippen molar-refractivity contribution in [2.75, 3.05) is 6.54 Å². The number of hydrogen-bond acceptors (Lipinski definition) is 4. The molecule has 2 heterocycles. The Morgan fingerprint density at radius 3 is 1.86 bits per heavy atom. The van der Waals surface area contributed by atoms with Crippen LogP contribution in [-0.2, 0) is 12.8 Å². The van der Waals surface area contributed by atoms with E-state index >= 15 is 0 Å². The molecule has 0 aliphatic carbocycles. The summed E-state index contributed by atoms with van der Waals surface area (Å²) in [5.74, 6) is 0. The molecular formula is C18H26N4. The summed E-state index contributed by atoms with van der Waals surface area (Å²) in [5, 5.41) is 0. The van der Waals surface area contributed by atoms with Gasteiger partial charge in [-0.05, 0) is 56.5 Å². The third kappa shape index (κ3) is 4.36. The van der Waals surface area contributed by atoms with Crippen molar-refractivity contribution in [3.63, 3.8) is 0 Å². The first-order chi connectivity index (χ1) is 10.5. The molecule has 0 bridgehead atoms. The van der Waals surface area contributed by atoms with Gasteiger partial charge in [-0.3, -0.25) is 9.97 Å². The van der Waals surface area contributed by atoms with Crippen LogP contribution in [0.25, 0.3) is 0 Å². The number of nitrogens with zero attached hydrogens (tertiary/aromatic N) is 2. The highest BCUT2D eigenvalue weighted by molar-refractivity contribution is 5.24. The number of hydrogen-bond donors (Lipinski definition) is 2. The topological polar surface area (TPSA) is 77.8 Å². The van der Waals surface area contributed by atoms with Crippen molar-refractivity contribution in [3.05, 3.63) is 59.2 Å². The average Bonchev–Trinajstić information content (AvgIpc) is 2.50. The SMILES string of the molecule is Cc1cccnc1CC(N)(CCCN)Cc1ncccc1C. The summed E-state index contributed by atoms with van der Waals surface area (Å²) in [5.41, 5.74) is 16.6. The zero-order valence-electron chi connectivity index (χ0n) is 13.5. The van der Waals surface area contributed by atoms with Gasteiger partial charge in [0.25, 0.3) is 0 Å². The van der Waals surface area contributed by atoms with Gasteiger partial charge in [-0.15, -0.1) is 0 Å². The van der Waals surface area contributed by atoms with Gasteiger partial charge in [0.2, 0.25) is 0 Å². The first-order valence-corrected chi connectivity index (χ1v) is 7.84. The van der Waals surface area contributed by atoms with E-state index < -0.39 is 0 Å². The second-order valence-electron chi connectivity index (χ2n) is 6.14. The van der Waals surface area contributed by atoms with Crippen molar-refractivity contribution in [1.82, 2.24) is 9.97 Å². The molecule has 0 saturated carbocycles. The maximum Gasteiger partial charge on any atom is 0.0451 e. The molecule has 0 aromatic carbocycles. The van der Waals surface area contributed by atoms with Crippen LogP contribution in [0.5, 0.6) is 0 Å². The predicted octanol–water partition coefficient (Wildman–Crippen LogP) is 2.32. The number of aromatic nitrogens is 2. The van der Waals surface area contributed by atoms with E-state index in [1.54, 1.807) is 0 Å². The van der Waals surface area contributed by atoms with Crippen LogP contribution in [-0.4, -0.2) is 22.1 Å². The van der Waals surface area contributed by atoms with Crippen LogP contribution in [0.1, 0.15) is 35.4 Å². The zero-order chi connectivity index (χ0) is 16.0. The smallest absolute Gasteiger partial charge is 0.0451 e. The Kier molecular flexibility index (Phi) is 5.63. The Morgan fingerprint density at radius 1 is 0.955 bits per heavy atom. The molecule has 0 spiro atoms. The van der Waals surface area contributed by atoms with Crippen LogP contribution < -0.4 is 11.5 Å². The normalized spacial score (nSPS) is 11.6. The van der Waals surface area contributed by atoms with E-state index in [9.17, 15) is 0 Å². The molecule has 0 atom stereocenters. The maximum atomic E-state index is 6.75. The van der Waals surface area contributed by atoms with Crippen molar-refractivity contribution in [3.8, 4) is 0 Å². The summed E-state index contributed by atoms with van der Waals surface area (Å²) in [4.78, 5) is 9.01. The van der Waals surface area contributed by atoms with Crippen molar-refractivity contribution in [1.29, 1.82) is 0 Å². The first kappa shape index (κ1) is 16.6. The molecule has 4 nitrogen and oxygen atoms in total. The van der Waals surface area contributed by atoms with E-state index in [1.165, 1.54) is 11.1 Å². The molecule has 2 aromatic rings. The molecule has 0 fully saturated rings. The van der Waals surface area contributed by atoms with Gasteiger partial charge in [0.05, 0.1) is 0 Å². The van der Waals surface area contributed by atoms with Crippen LogP contribution in [0, 0.1) is 13.8 Å². The summed E-state index contributed by atoms with van der Waals surface area (Å²) in [6, 6.07) is 8.08. The molecule has 4 N–H and O–H groups in total. The van der Waals surface area contributed by atoms with Gasteiger partial charge >= 0.3 is 0 Å². The molecule has 22 heavy (non-hydrogen) atoms. The molecule has 0 saturated heterocycles. The van der Waals surface area contributed by atoms with Crippen LogP contribution in [0.4, 0.5) is 0 Å². The Bertz CT molecular complexity index is 562. The van der Waals surface area contributed by atoms with E-state index in [2.05, 4.69) is 35.9 Å². The molecule has 2 rings (SSSR count). The molecule has 4 heteroatoms. The van der Waals surface area contributed by atoms with E-state index in [-0.39, 0.29) is 5.54 Å². The fourth-order valence-electron chi connectivity index (χ4n) is 2.77. The lowest BCUT2D eigenvalue weighted by molar-refractivity contribution is 0.370. The summed E-state index contributed by atoms with van der Waals surface area (Å²) in [7, 11) is 0. The second kappa shape index (κ2) is 7.47. The van der Waals surface area contributed by atoms with Gasteiger partial charge < -0.3 is 11.5 Å².